The van der Waals surface area contributed by atoms with Crippen molar-refractivity contribution in [3.63, 3.8) is 0 Å². The quantitative estimate of drug-likeness (QED) is 0.401. The predicted molar refractivity (Wildman–Crippen MR) is 150 cm³/mol. The zero-order valence-corrected chi connectivity index (χ0v) is 22.9. The van der Waals surface area contributed by atoms with E-state index in [1.807, 2.05) is 18.5 Å². The van der Waals surface area contributed by atoms with Gasteiger partial charge in [0.05, 0.1) is 25.3 Å². The van der Waals surface area contributed by atoms with Gasteiger partial charge in [-0.2, -0.15) is 4.31 Å². The second kappa shape index (κ2) is 10.3. The summed E-state index contributed by atoms with van der Waals surface area (Å²) in [5.41, 5.74) is 8.22. The number of methoxy groups -OCH3 is 1. The molecule has 3 aromatic rings. The highest BCUT2D eigenvalue weighted by Gasteiger charge is 2.31. The Balaban J connectivity index is 1.15. The molecule has 200 valence electrons. The SMILES string of the molecule is COc1cncc(-c2ccc3c(c2)-c2c(NC4CCC(N5CCN(S(C)(=O)=O)CC5)CC4)ccnc2C3)c1. The molecule has 1 aliphatic heterocycles. The van der Waals surface area contributed by atoms with Crippen LogP contribution in [0.25, 0.3) is 22.3 Å². The van der Waals surface area contributed by atoms with E-state index < -0.39 is 10.0 Å². The molecule has 8 nitrogen and oxygen atoms in total. The van der Waals surface area contributed by atoms with E-state index in [4.69, 9.17) is 9.72 Å². The zero-order valence-electron chi connectivity index (χ0n) is 22.1. The molecule has 0 atom stereocenters. The fourth-order valence-corrected chi connectivity index (χ4v) is 7.10. The number of hydrogen-bond acceptors (Lipinski definition) is 7. The first-order valence-electron chi connectivity index (χ1n) is 13.5. The van der Waals surface area contributed by atoms with Crippen molar-refractivity contribution in [3.8, 4) is 28.0 Å². The van der Waals surface area contributed by atoms with Crippen molar-refractivity contribution in [1.82, 2.24) is 19.2 Å². The second-order valence-corrected chi connectivity index (χ2v) is 12.7. The summed E-state index contributed by atoms with van der Waals surface area (Å²) in [4.78, 5) is 11.6. The van der Waals surface area contributed by atoms with E-state index in [1.54, 1.807) is 17.6 Å². The number of hydrogen-bond donors (Lipinski definition) is 1. The van der Waals surface area contributed by atoms with Gasteiger partial charge >= 0.3 is 0 Å². The van der Waals surface area contributed by atoms with Crippen LogP contribution >= 0.6 is 0 Å². The maximum atomic E-state index is 11.8. The molecule has 0 radical (unpaired) electrons. The molecular formula is C29H35N5O3S. The standard InChI is InChI=1S/C29H35N5O3S/c1-37-25-15-22(18-30-19-25)20-3-4-21-17-28-29(26(21)16-20)27(9-10-31-28)32-23-5-7-24(8-6-23)33-11-13-34(14-12-33)38(2,35)36/h3-4,9-10,15-16,18-19,23-24H,5-8,11-14,17H2,1-2H3,(H,31,32). The van der Waals surface area contributed by atoms with Gasteiger partial charge in [-0.05, 0) is 60.6 Å². The highest BCUT2D eigenvalue weighted by atomic mass is 32.2. The molecular weight excluding hydrogens is 498 g/mol. The van der Waals surface area contributed by atoms with Crippen molar-refractivity contribution in [3.05, 3.63) is 60.2 Å². The fourth-order valence-electron chi connectivity index (χ4n) is 6.28. The summed E-state index contributed by atoms with van der Waals surface area (Å²) in [7, 11) is -1.43. The van der Waals surface area contributed by atoms with Crippen molar-refractivity contribution in [2.24, 2.45) is 0 Å². The third kappa shape index (κ3) is 5.02. The Morgan fingerprint density at radius 1 is 0.974 bits per heavy atom. The molecule has 2 aliphatic carbocycles. The summed E-state index contributed by atoms with van der Waals surface area (Å²) in [5.74, 6) is 0.750. The summed E-state index contributed by atoms with van der Waals surface area (Å²) in [6.07, 6.45) is 12.2. The molecule has 1 N–H and O–H groups in total. The Morgan fingerprint density at radius 3 is 2.50 bits per heavy atom. The van der Waals surface area contributed by atoms with Gasteiger partial charge in [0.25, 0.3) is 0 Å². The highest BCUT2D eigenvalue weighted by molar-refractivity contribution is 7.88. The lowest BCUT2D eigenvalue weighted by molar-refractivity contribution is 0.109. The number of piperazine rings is 1. The van der Waals surface area contributed by atoms with Crippen LogP contribution in [0.3, 0.4) is 0 Å². The Morgan fingerprint density at radius 2 is 1.76 bits per heavy atom. The third-order valence-corrected chi connectivity index (χ3v) is 9.67. The van der Waals surface area contributed by atoms with Gasteiger partial charge in [0, 0.05) is 73.9 Å². The Bertz CT molecular complexity index is 1430. The highest BCUT2D eigenvalue weighted by Crippen LogP contribution is 2.43. The van der Waals surface area contributed by atoms with E-state index in [-0.39, 0.29) is 0 Å². The number of fused-ring (bicyclic) bond motifs is 3. The van der Waals surface area contributed by atoms with Crippen LogP contribution in [0, 0.1) is 0 Å². The monoisotopic (exact) mass is 533 g/mol. The average molecular weight is 534 g/mol. The molecule has 38 heavy (non-hydrogen) atoms. The topological polar surface area (TPSA) is 87.7 Å². The van der Waals surface area contributed by atoms with Crippen molar-refractivity contribution in [2.75, 3.05) is 44.9 Å². The lowest BCUT2D eigenvalue weighted by atomic mass is 9.89. The molecule has 2 aromatic heterocycles. The number of sulfonamides is 1. The average Bonchev–Trinajstić information content (AvgIpc) is 3.32. The van der Waals surface area contributed by atoms with Gasteiger partial charge in [0.2, 0.25) is 10.0 Å². The minimum Gasteiger partial charge on any atom is -0.495 e. The molecule has 0 spiro atoms. The molecule has 0 bridgehead atoms. The summed E-state index contributed by atoms with van der Waals surface area (Å²) in [6.45, 7) is 2.87. The molecule has 3 aliphatic rings. The van der Waals surface area contributed by atoms with E-state index in [2.05, 4.69) is 39.5 Å². The molecule has 3 heterocycles. The summed E-state index contributed by atoms with van der Waals surface area (Å²) in [6, 6.07) is 11.7. The zero-order chi connectivity index (χ0) is 26.3. The largest absolute Gasteiger partial charge is 0.495 e. The maximum absolute atomic E-state index is 11.8. The van der Waals surface area contributed by atoms with E-state index in [1.165, 1.54) is 28.6 Å². The minimum atomic E-state index is -3.09. The second-order valence-electron chi connectivity index (χ2n) is 10.7. The molecule has 6 rings (SSSR count). The van der Waals surface area contributed by atoms with Gasteiger partial charge in [-0.3, -0.25) is 14.9 Å². The van der Waals surface area contributed by atoms with Gasteiger partial charge in [-0.25, -0.2) is 8.42 Å². The first-order valence-corrected chi connectivity index (χ1v) is 15.3. The van der Waals surface area contributed by atoms with Crippen LogP contribution in [0.4, 0.5) is 5.69 Å². The van der Waals surface area contributed by atoms with Crippen LogP contribution in [-0.4, -0.2) is 79.2 Å². The van der Waals surface area contributed by atoms with Gasteiger partial charge < -0.3 is 10.1 Å². The first kappa shape index (κ1) is 25.3. The Kier molecular flexibility index (Phi) is 6.84. The summed E-state index contributed by atoms with van der Waals surface area (Å²) < 4.78 is 30.7. The van der Waals surface area contributed by atoms with Crippen molar-refractivity contribution >= 4 is 15.7 Å². The van der Waals surface area contributed by atoms with Crippen molar-refractivity contribution in [1.29, 1.82) is 0 Å². The minimum absolute atomic E-state index is 0.421. The third-order valence-electron chi connectivity index (χ3n) is 8.36. The lowest BCUT2D eigenvalue weighted by Crippen LogP contribution is -2.52. The number of nitrogens with one attached hydrogen (secondary N) is 1. The Hall–Kier alpha value is -3.01. The van der Waals surface area contributed by atoms with Gasteiger partial charge in [0.15, 0.2) is 0 Å². The number of benzene rings is 1. The van der Waals surface area contributed by atoms with E-state index >= 15 is 0 Å². The number of rotatable bonds is 6. The number of anilines is 1. The molecule has 1 aromatic carbocycles. The van der Waals surface area contributed by atoms with Crippen LogP contribution < -0.4 is 10.1 Å². The number of nitrogens with zero attached hydrogens (tertiary/aromatic N) is 4. The van der Waals surface area contributed by atoms with Crippen molar-refractivity contribution in [2.45, 2.75) is 44.2 Å². The number of aromatic nitrogens is 2. The predicted octanol–water partition coefficient (Wildman–Crippen LogP) is 4.02. The summed E-state index contributed by atoms with van der Waals surface area (Å²) in [5, 5.41) is 3.87. The van der Waals surface area contributed by atoms with E-state index in [0.29, 0.717) is 25.2 Å². The molecule has 1 saturated heterocycles. The molecule has 2 fully saturated rings. The molecule has 0 amide bonds. The van der Waals surface area contributed by atoms with Crippen LogP contribution in [0.2, 0.25) is 0 Å². The maximum Gasteiger partial charge on any atom is 0.211 e. The van der Waals surface area contributed by atoms with Crippen LogP contribution in [0.5, 0.6) is 5.75 Å². The smallest absolute Gasteiger partial charge is 0.211 e. The molecule has 0 unspecified atom stereocenters. The van der Waals surface area contributed by atoms with Crippen LogP contribution in [-0.2, 0) is 16.4 Å². The number of ether oxygens (including phenoxy) is 1. The first-order chi connectivity index (χ1) is 18.4. The van der Waals surface area contributed by atoms with Crippen LogP contribution in [0.15, 0.2) is 48.9 Å². The molecule has 1 saturated carbocycles. The molecule has 9 heteroatoms. The van der Waals surface area contributed by atoms with Crippen molar-refractivity contribution < 1.29 is 13.2 Å². The Labute approximate surface area is 225 Å². The van der Waals surface area contributed by atoms with E-state index in [9.17, 15) is 8.42 Å². The fraction of sp³-hybridized carbons (Fsp3) is 0.448. The van der Waals surface area contributed by atoms with Crippen LogP contribution in [0.1, 0.15) is 36.9 Å². The summed E-state index contributed by atoms with van der Waals surface area (Å²) >= 11 is 0. The number of pyridine rings is 2. The van der Waals surface area contributed by atoms with Gasteiger partial charge in [-0.15, -0.1) is 0 Å². The normalized spacial score (nSPS) is 22.1. The van der Waals surface area contributed by atoms with Gasteiger partial charge in [-0.1, -0.05) is 12.1 Å². The lowest BCUT2D eigenvalue weighted by Gasteiger charge is -2.41. The van der Waals surface area contributed by atoms with E-state index in [0.717, 1.165) is 67.8 Å². The van der Waals surface area contributed by atoms with Gasteiger partial charge in [0.1, 0.15) is 5.75 Å².